The molecule has 23 heavy (non-hydrogen) atoms. The number of rotatable bonds is 4. The Labute approximate surface area is 146 Å². The van der Waals surface area contributed by atoms with Crippen LogP contribution in [0.15, 0.2) is 0 Å². The molecule has 134 valence electrons. The molecule has 6 heteroatoms. The van der Waals surface area contributed by atoms with Crippen molar-refractivity contribution < 1.29 is 9.59 Å². The van der Waals surface area contributed by atoms with Crippen LogP contribution < -0.4 is 11.1 Å². The fourth-order valence-electron chi connectivity index (χ4n) is 3.46. The normalized spacial score (nSPS) is 29.3. The number of likely N-dealkylation sites (tertiary alicyclic amines) is 1. The van der Waals surface area contributed by atoms with Crippen molar-refractivity contribution in [3.63, 3.8) is 0 Å². The summed E-state index contributed by atoms with van der Waals surface area (Å²) >= 11 is 0. The van der Waals surface area contributed by atoms with Crippen molar-refractivity contribution in [2.24, 2.45) is 17.6 Å². The smallest absolute Gasteiger partial charge is 0.225 e. The van der Waals surface area contributed by atoms with Gasteiger partial charge < -0.3 is 16.0 Å². The van der Waals surface area contributed by atoms with E-state index >= 15 is 0 Å². The molecule has 2 atom stereocenters. The van der Waals surface area contributed by atoms with Crippen LogP contribution >= 0.6 is 12.4 Å². The predicted octanol–water partition coefficient (Wildman–Crippen LogP) is 2.08. The molecule has 2 rings (SSSR count). The summed E-state index contributed by atoms with van der Waals surface area (Å²) in [5.74, 6) is 0.338. The second-order valence-electron chi connectivity index (χ2n) is 7.05. The Kier molecular flexibility index (Phi) is 8.34. The van der Waals surface area contributed by atoms with Crippen LogP contribution in [0.3, 0.4) is 0 Å². The lowest BCUT2D eigenvalue weighted by Crippen LogP contribution is -2.49. The quantitative estimate of drug-likeness (QED) is 0.819. The van der Waals surface area contributed by atoms with Gasteiger partial charge in [-0.25, -0.2) is 0 Å². The summed E-state index contributed by atoms with van der Waals surface area (Å²) in [6, 6.07) is 0.569. The van der Waals surface area contributed by atoms with Crippen molar-refractivity contribution in [3.05, 3.63) is 0 Å². The molecule has 1 heterocycles. The molecule has 0 bridgehead atoms. The first kappa shape index (κ1) is 20.2. The van der Waals surface area contributed by atoms with E-state index in [-0.39, 0.29) is 42.1 Å². The molecule has 0 aromatic rings. The molecule has 3 N–H and O–H groups in total. The fourth-order valence-corrected chi connectivity index (χ4v) is 3.46. The first-order chi connectivity index (χ1) is 10.5. The number of nitrogens with two attached hydrogens (primary N) is 1. The highest BCUT2D eigenvalue weighted by molar-refractivity contribution is 5.85. The molecule has 0 aromatic carbocycles. The van der Waals surface area contributed by atoms with Gasteiger partial charge in [0.15, 0.2) is 0 Å². The van der Waals surface area contributed by atoms with E-state index in [1.54, 1.807) is 0 Å². The van der Waals surface area contributed by atoms with Crippen LogP contribution in [0.4, 0.5) is 0 Å². The Hall–Kier alpha value is -0.810. The second kappa shape index (κ2) is 9.48. The Morgan fingerprint density at radius 3 is 2.48 bits per heavy atom. The number of piperidine rings is 1. The van der Waals surface area contributed by atoms with Gasteiger partial charge in [0, 0.05) is 31.1 Å². The van der Waals surface area contributed by atoms with Gasteiger partial charge in [-0.3, -0.25) is 9.59 Å². The van der Waals surface area contributed by atoms with Crippen molar-refractivity contribution >= 4 is 24.2 Å². The molecule has 0 radical (unpaired) electrons. The number of amides is 2. The van der Waals surface area contributed by atoms with Crippen LogP contribution in [-0.2, 0) is 9.59 Å². The molecule has 2 aliphatic rings. The zero-order valence-electron chi connectivity index (χ0n) is 14.4. The molecule has 0 aromatic heterocycles. The first-order valence-corrected chi connectivity index (χ1v) is 8.86. The number of carbonyl (C=O) groups excluding carboxylic acids is 2. The van der Waals surface area contributed by atoms with E-state index in [1.165, 1.54) is 0 Å². The van der Waals surface area contributed by atoms with Gasteiger partial charge in [0.1, 0.15) is 0 Å². The van der Waals surface area contributed by atoms with Crippen LogP contribution in [-0.4, -0.2) is 41.9 Å². The van der Waals surface area contributed by atoms with E-state index in [0.717, 1.165) is 51.5 Å². The molecular weight excluding hydrogens is 314 g/mol. The molecule has 1 aliphatic carbocycles. The average molecular weight is 346 g/mol. The number of carbonyl (C=O) groups is 2. The van der Waals surface area contributed by atoms with E-state index in [4.69, 9.17) is 5.73 Å². The Bertz CT molecular complexity index is 397. The van der Waals surface area contributed by atoms with Crippen LogP contribution in [0.2, 0.25) is 0 Å². The van der Waals surface area contributed by atoms with Gasteiger partial charge in [-0.05, 0) is 44.9 Å². The summed E-state index contributed by atoms with van der Waals surface area (Å²) in [6.07, 6.45) is 6.62. The molecule has 1 aliphatic heterocycles. The van der Waals surface area contributed by atoms with Gasteiger partial charge in [0.2, 0.25) is 11.8 Å². The third-order valence-corrected chi connectivity index (χ3v) is 5.26. The standard InChI is InChI=1S/C17H31N3O2.ClH/c1-3-12(2)17(22)20-10-4-5-13(11-20)16(21)19-15-8-6-14(18)7-9-15;/h12-15H,3-11,18H2,1-2H3,(H,19,21);1H. The third kappa shape index (κ3) is 5.64. The summed E-state index contributed by atoms with van der Waals surface area (Å²) in [4.78, 5) is 26.7. The van der Waals surface area contributed by atoms with E-state index in [2.05, 4.69) is 5.32 Å². The van der Waals surface area contributed by atoms with Gasteiger partial charge in [-0.1, -0.05) is 13.8 Å². The van der Waals surface area contributed by atoms with E-state index in [0.29, 0.717) is 12.6 Å². The minimum Gasteiger partial charge on any atom is -0.353 e. The number of nitrogens with one attached hydrogen (secondary N) is 1. The molecule has 5 nitrogen and oxygen atoms in total. The number of hydrogen-bond donors (Lipinski definition) is 2. The molecule has 2 amide bonds. The van der Waals surface area contributed by atoms with Gasteiger partial charge in [0.05, 0.1) is 5.92 Å². The number of nitrogens with zero attached hydrogens (tertiary/aromatic N) is 1. The third-order valence-electron chi connectivity index (χ3n) is 5.26. The molecule has 2 fully saturated rings. The summed E-state index contributed by atoms with van der Waals surface area (Å²) in [5.41, 5.74) is 5.91. The van der Waals surface area contributed by atoms with Crippen molar-refractivity contribution in [1.82, 2.24) is 10.2 Å². The molecule has 0 spiro atoms. The summed E-state index contributed by atoms with van der Waals surface area (Å²) in [7, 11) is 0. The van der Waals surface area contributed by atoms with Crippen molar-refractivity contribution in [3.8, 4) is 0 Å². The lowest BCUT2D eigenvalue weighted by Gasteiger charge is -2.35. The lowest BCUT2D eigenvalue weighted by molar-refractivity contribution is -0.139. The molecular formula is C17H32ClN3O2. The van der Waals surface area contributed by atoms with Crippen LogP contribution in [0.1, 0.15) is 58.8 Å². The van der Waals surface area contributed by atoms with Crippen LogP contribution in [0.5, 0.6) is 0 Å². The van der Waals surface area contributed by atoms with Crippen molar-refractivity contribution in [1.29, 1.82) is 0 Å². The number of halogens is 1. The summed E-state index contributed by atoms with van der Waals surface area (Å²) in [5, 5.41) is 3.18. The predicted molar refractivity (Wildman–Crippen MR) is 94.4 cm³/mol. The maximum absolute atomic E-state index is 12.5. The second-order valence-corrected chi connectivity index (χ2v) is 7.05. The molecule has 1 saturated carbocycles. The fraction of sp³-hybridized carbons (Fsp3) is 0.882. The minimum absolute atomic E-state index is 0. The van der Waals surface area contributed by atoms with Gasteiger partial charge in [-0.15, -0.1) is 12.4 Å². The highest BCUT2D eigenvalue weighted by Gasteiger charge is 2.31. The van der Waals surface area contributed by atoms with Gasteiger partial charge in [0.25, 0.3) is 0 Å². The van der Waals surface area contributed by atoms with E-state index < -0.39 is 0 Å². The van der Waals surface area contributed by atoms with Crippen molar-refractivity contribution in [2.75, 3.05) is 13.1 Å². The first-order valence-electron chi connectivity index (χ1n) is 8.86. The monoisotopic (exact) mass is 345 g/mol. The van der Waals surface area contributed by atoms with Crippen LogP contribution in [0.25, 0.3) is 0 Å². The molecule has 2 unspecified atom stereocenters. The topological polar surface area (TPSA) is 75.4 Å². The molecule has 1 saturated heterocycles. The zero-order valence-corrected chi connectivity index (χ0v) is 15.2. The van der Waals surface area contributed by atoms with Crippen LogP contribution in [0, 0.1) is 11.8 Å². The Morgan fingerprint density at radius 2 is 1.87 bits per heavy atom. The van der Waals surface area contributed by atoms with Gasteiger partial charge >= 0.3 is 0 Å². The maximum Gasteiger partial charge on any atom is 0.225 e. The van der Waals surface area contributed by atoms with E-state index in [9.17, 15) is 9.59 Å². The Morgan fingerprint density at radius 1 is 1.22 bits per heavy atom. The van der Waals surface area contributed by atoms with E-state index in [1.807, 2.05) is 18.7 Å². The summed E-state index contributed by atoms with van der Waals surface area (Å²) in [6.45, 7) is 5.38. The highest BCUT2D eigenvalue weighted by Crippen LogP contribution is 2.21. The average Bonchev–Trinajstić information content (AvgIpc) is 2.55. The van der Waals surface area contributed by atoms with Crippen molar-refractivity contribution in [2.45, 2.75) is 70.9 Å². The Balaban J connectivity index is 0.00000264. The van der Waals surface area contributed by atoms with Gasteiger partial charge in [-0.2, -0.15) is 0 Å². The number of hydrogen-bond acceptors (Lipinski definition) is 3. The lowest BCUT2D eigenvalue weighted by atomic mass is 9.90. The largest absolute Gasteiger partial charge is 0.353 e. The highest BCUT2D eigenvalue weighted by atomic mass is 35.5. The SMILES string of the molecule is CCC(C)C(=O)N1CCCC(C(=O)NC2CCC(N)CC2)C1.Cl. The minimum atomic E-state index is -0.0441. The maximum atomic E-state index is 12.5. The zero-order chi connectivity index (χ0) is 16.1. The summed E-state index contributed by atoms with van der Waals surface area (Å²) < 4.78 is 0.